The number of hydrogen-bond donors (Lipinski definition) is 0. The van der Waals surface area contributed by atoms with Crippen molar-refractivity contribution < 1.29 is 9.59 Å². The summed E-state index contributed by atoms with van der Waals surface area (Å²) in [6, 6.07) is 21.1. The topological polar surface area (TPSA) is 40.6 Å². The highest BCUT2D eigenvalue weighted by molar-refractivity contribution is 7.10. The summed E-state index contributed by atoms with van der Waals surface area (Å²) in [5.41, 5.74) is 4.90. The van der Waals surface area contributed by atoms with E-state index >= 15 is 0 Å². The van der Waals surface area contributed by atoms with Gasteiger partial charge in [0.2, 0.25) is 11.8 Å². The molecule has 5 rings (SSSR count). The normalized spacial score (nSPS) is 20.1. The smallest absolute Gasteiger partial charge is 0.223 e. The van der Waals surface area contributed by atoms with Crippen LogP contribution in [0.25, 0.3) is 0 Å². The number of fused-ring (bicyclic) bond motifs is 1. The van der Waals surface area contributed by atoms with Crippen LogP contribution in [0.4, 0.5) is 0 Å². The number of rotatable bonds is 5. The van der Waals surface area contributed by atoms with Gasteiger partial charge in [0.1, 0.15) is 0 Å². The van der Waals surface area contributed by atoms with Crippen molar-refractivity contribution in [2.75, 3.05) is 19.6 Å². The molecule has 2 atom stereocenters. The first-order chi connectivity index (χ1) is 16.6. The molecule has 0 saturated carbocycles. The maximum Gasteiger partial charge on any atom is 0.223 e. The summed E-state index contributed by atoms with van der Waals surface area (Å²) in [7, 11) is 0. The number of amides is 2. The van der Waals surface area contributed by atoms with Gasteiger partial charge in [0.25, 0.3) is 0 Å². The van der Waals surface area contributed by atoms with Crippen LogP contribution in [0.5, 0.6) is 0 Å². The molecule has 2 aliphatic rings. The van der Waals surface area contributed by atoms with Crippen LogP contribution in [0.2, 0.25) is 0 Å². The second-order valence-electron chi connectivity index (χ2n) is 9.54. The van der Waals surface area contributed by atoms with Gasteiger partial charge in [-0.2, -0.15) is 0 Å². The first-order valence-corrected chi connectivity index (χ1v) is 13.2. The van der Waals surface area contributed by atoms with E-state index in [1.807, 2.05) is 15.9 Å². The third-order valence-electron chi connectivity index (χ3n) is 7.28. The summed E-state index contributed by atoms with van der Waals surface area (Å²) in [5.74, 6) is 0.570. The Morgan fingerprint density at radius 1 is 0.912 bits per heavy atom. The maximum absolute atomic E-state index is 13.4. The van der Waals surface area contributed by atoms with Crippen LogP contribution >= 0.6 is 11.3 Å². The van der Waals surface area contributed by atoms with Gasteiger partial charge in [0.05, 0.1) is 6.04 Å². The lowest BCUT2D eigenvalue weighted by Crippen LogP contribution is -2.42. The minimum atomic E-state index is -0.0596. The van der Waals surface area contributed by atoms with Crippen molar-refractivity contribution in [2.45, 2.75) is 51.0 Å². The number of carbonyl (C=O) groups is 2. The molecule has 0 radical (unpaired) electrons. The summed E-state index contributed by atoms with van der Waals surface area (Å²) in [6.07, 6.45) is 3.57. The van der Waals surface area contributed by atoms with Crippen LogP contribution in [0.15, 0.2) is 66.0 Å². The molecule has 2 aromatic carbocycles. The number of thiophene rings is 1. The molecule has 34 heavy (non-hydrogen) atoms. The minimum Gasteiger partial charge on any atom is -0.342 e. The Hall–Kier alpha value is -2.92. The van der Waals surface area contributed by atoms with Gasteiger partial charge in [-0.25, -0.2) is 0 Å². The van der Waals surface area contributed by atoms with Crippen molar-refractivity contribution in [1.82, 2.24) is 9.80 Å². The number of aryl methyl sites for hydroxylation is 1. The fraction of sp³-hybridized carbons (Fsp3) is 0.379. The van der Waals surface area contributed by atoms with Crippen molar-refractivity contribution in [2.24, 2.45) is 0 Å². The molecular weight excluding hydrogens is 440 g/mol. The van der Waals surface area contributed by atoms with Crippen LogP contribution in [0, 0.1) is 6.92 Å². The lowest BCUT2D eigenvalue weighted by atomic mass is 9.90. The largest absolute Gasteiger partial charge is 0.342 e. The second-order valence-corrected chi connectivity index (χ2v) is 10.5. The molecule has 2 unspecified atom stereocenters. The zero-order valence-electron chi connectivity index (χ0n) is 19.8. The van der Waals surface area contributed by atoms with E-state index in [0.29, 0.717) is 12.5 Å². The van der Waals surface area contributed by atoms with E-state index in [2.05, 4.69) is 66.9 Å². The Kier molecular flexibility index (Phi) is 6.82. The first-order valence-electron chi connectivity index (χ1n) is 12.3. The summed E-state index contributed by atoms with van der Waals surface area (Å²) in [4.78, 5) is 31.8. The van der Waals surface area contributed by atoms with Crippen LogP contribution in [-0.4, -0.2) is 41.2 Å². The van der Waals surface area contributed by atoms with Crippen LogP contribution < -0.4 is 0 Å². The van der Waals surface area contributed by atoms with E-state index in [9.17, 15) is 9.59 Å². The predicted molar refractivity (Wildman–Crippen MR) is 137 cm³/mol. The zero-order chi connectivity index (χ0) is 23.5. The highest BCUT2D eigenvalue weighted by Gasteiger charge is 2.33. The Morgan fingerprint density at radius 3 is 2.47 bits per heavy atom. The molecular formula is C29H32N2O2S. The molecule has 1 fully saturated rings. The monoisotopic (exact) mass is 472 g/mol. The summed E-state index contributed by atoms with van der Waals surface area (Å²) >= 11 is 1.78. The number of benzene rings is 2. The minimum absolute atomic E-state index is 0.0596. The number of carbonyl (C=O) groups excluding carboxylic acids is 2. The second kappa shape index (κ2) is 10.1. The molecule has 3 aromatic rings. The zero-order valence-corrected chi connectivity index (χ0v) is 20.6. The van der Waals surface area contributed by atoms with Crippen LogP contribution in [-0.2, 0) is 16.0 Å². The third-order valence-corrected chi connectivity index (χ3v) is 8.27. The Bertz CT molecular complexity index is 1140. The average molecular weight is 473 g/mol. The van der Waals surface area contributed by atoms with Crippen molar-refractivity contribution in [3.8, 4) is 0 Å². The van der Waals surface area contributed by atoms with E-state index in [-0.39, 0.29) is 30.7 Å². The van der Waals surface area contributed by atoms with Gasteiger partial charge in [-0.05, 0) is 54.3 Å². The molecule has 3 heterocycles. The van der Waals surface area contributed by atoms with E-state index in [1.165, 1.54) is 21.6 Å². The molecule has 0 spiro atoms. The average Bonchev–Trinajstić information content (AvgIpc) is 3.37. The van der Waals surface area contributed by atoms with E-state index in [0.717, 1.165) is 37.9 Å². The summed E-state index contributed by atoms with van der Waals surface area (Å²) in [6.45, 7) is 4.34. The quantitative estimate of drug-likeness (QED) is 0.477. The highest BCUT2D eigenvalue weighted by atomic mass is 32.1. The van der Waals surface area contributed by atoms with Crippen LogP contribution in [0.3, 0.4) is 0 Å². The summed E-state index contributed by atoms with van der Waals surface area (Å²) in [5, 5.41) is 2.13. The van der Waals surface area contributed by atoms with Gasteiger partial charge in [-0.1, -0.05) is 60.2 Å². The van der Waals surface area contributed by atoms with Gasteiger partial charge in [-0.3, -0.25) is 9.59 Å². The molecule has 0 aliphatic carbocycles. The van der Waals surface area contributed by atoms with Crippen molar-refractivity contribution in [3.63, 3.8) is 0 Å². The van der Waals surface area contributed by atoms with E-state index in [4.69, 9.17) is 0 Å². The highest BCUT2D eigenvalue weighted by Crippen LogP contribution is 2.38. The van der Waals surface area contributed by atoms with Crippen molar-refractivity contribution in [3.05, 3.63) is 93.2 Å². The molecule has 5 heteroatoms. The maximum atomic E-state index is 13.4. The van der Waals surface area contributed by atoms with Gasteiger partial charge in [0.15, 0.2) is 0 Å². The van der Waals surface area contributed by atoms with Gasteiger partial charge in [0, 0.05) is 43.3 Å². The fourth-order valence-electron chi connectivity index (χ4n) is 5.41. The molecule has 1 aromatic heterocycles. The van der Waals surface area contributed by atoms with E-state index < -0.39 is 0 Å². The Balaban J connectivity index is 1.25. The molecule has 4 nitrogen and oxygen atoms in total. The SMILES string of the molecule is Cc1ccc(C2c3ccsc3CCN2C(=O)CCC(=O)N2CCCC(c3ccccc3)C2)cc1. The standard InChI is InChI=1S/C29H32N2O2S/c1-21-9-11-23(12-10-21)29-25-16-19-34-26(25)15-18-31(29)28(33)14-13-27(32)30-17-5-8-24(20-30)22-6-3-2-4-7-22/h2-4,6-7,9-12,16,19,24,29H,5,8,13-15,17-18,20H2,1H3. The van der Waals surface area contributed by atoms with Gasteiger partial charge >= 0.3 is 0 Å². The van der Waals surface area contributed by atoms with Crippen LogP contribution in [0.1, 0.15) is 64.8 Å². The van der Waals surface area contributed by atoms with Crippen molar-refractivity contribution >= 4 is 23.2 Å². The number of likely N-dealkylation sites (tertiary alicyclic amines) is 1. The number of nitrogens with zero attached hydrogens (tertiary/aromatic N) is 2. The van der Waals surface area contributed by atoms with Crippen molar-refractivity contribution in [1.29, 1.82) is 0 Å². The lowest BCUT2D eigenvalue weighted by molar-refractivity contribution is -0.138. The number of piperidine rings is 1. The number of hydrogen-bond acceptors (Lipinski definition) is 3. The predicted octanol–water partition coefficient (Wildman–Crippen LogP) is 5.72. The van der Waals surface area contributed by atoms with Gasteiger partial charge in [-0.15, -0.1) is 11.3 Å². The van der Waals surface area contributed by atoms with Gasteiger partial charge < -0.3 is 9.80 Å². The lowest BCUT2D eigenvalue weighted by Gasteiger charge is -2.37. The Labute approximate surface area is 206 Å². The molecule has 2 amide bonds. The molecule has 176 valence electrons. The molecule has 0 bridgehead atoms. The molecule has 2 aliphatic heterocycles. The summed E-state index contributed by atoms with van der Waals surface area (Å²) < 4.78 is 0. The molecule has 1 saturated heterocycles. The fourth-order valence-corrected chi connectivity index (χ4v) is 6.31. The first kappa shape index (κ1) is 22.9. The van der Waals surface area contributed by atoms with E-state index in [1.54, 1.807) is 11.3 Å². The molecule has 0 N–H and O–H groups in total. The third kappa shape index (κ3) is 4.80. The Morgan fingerprint density at radius 2 is 1.68 bits per heavy atom.